The Kier molecular flexibility index (Phi) is 4.74. The SMILES string of the molecule is C=C(C)CCOc1cc(Cl)nc(C(C)C)n1. The summed E-state index contributed by atoms with van der Waals surface area (Å²) >= 11 is 5.89. The molecule has 0 radical (unpaired) electrons. The summed E-state index contributed by atoms with van der Waals surface area (Å²) in [6, 6.07) is 1.63. The molecular formula is C12H17ClN2O. The highest BCUT2D eigenvalue weighted by Gasteiger charge is 2.07. The molecule has 4 heteroatoms. The maximum absolute atomic E-state index is 5.89. The van der Waals surface area contributed by atoms with Crippen molar-refractivity contribution < 1.29 is 4.74 Å². The molecular weight excluding hydrogens is 224 g/mol. The van der Waals surface area contributed by atoms with Crippen LogP contribution in [0.2, 0.25) is 5.15 Å². The van der Waals surface area contributed by atoms with Crippen molar-refractivity contribution in [2.75, 3.05) is 6.61 Å². The summed E-state index contributed by atoms with van der Waals surface area (Å²) in [7, 11) is 0. The van der Waals surface area contributed by atoms with Crippen molar-refractivity contribution in [3.8, 4) is 5.88 Å². The molecule has 0 saturated heterocycles. The standard InChI is InChI=1S/C12H17ClN2O/c1-8(2)5-6-16-11-7-10(13)14-12(15-11)9(3)4/h7,9H,1,5-6H2,2-4H3. The molecule has 0 spiro atoms. The van der Waals surface area contributed by atoms with E-state index in [1.165, 1.54) is 0 Å². The van der Waals surface area contributed by atoms with Gasteiger partial charge in [-0.05, 0) is 6.92 Å². The van der Waals surface area contributed by atoms with Crippen LogP contribution in [-0.4, -0.2) is 16.6 Å². The van der Waals surface area contributed by atoms with Crippen LogP contribution in [0.3, 0.4) is 0 Å². The molecule has 16 heavy (non-hydrogen) atoms. The maximum atomic E-state index is 5.89. The van der Waals surface area contributed by atoms with Gasteiger partial charge in [0.25, 0.3) is 0 Å². The van der Waals surface area contributed by atoms with E-state index in [0.717, 1.165) is 12.0 Å². The van der Waals surface area contributed by atoms with E-state index in [2.05, 4.69) is 16.5 Å². The average molecular weight is 241 g/mol. The number of rotatable bonds is 5. The Morgan fingerprint density at radius 3 is 2.75 bits per heavy atom. The number of aromatic nitrogens is 2. The molecule has 1 rings (SSSR count). The molecule has 0 amide bonds. The van der Waals surface area contributed by atoms with E-state index in [1.807, 2.05) is 20.8 Å². The Morgan fingerprint density at radius 1 is 1.50 bits per heavy atom. The maximum Gasteiger partial charge on any atom is 0.218 e. The molecule has 0 unspecified atom stereocenters. The number of nitrogens with zero attached hydrogens (tertiary/aromatic N) is 2. The van der Waals surface area contributed by atoms with Crippen molar-refractivity contribution in [3.05, 3.63) is 29.2 Å². The van der Waals surface area contributed by atoms with E-state index in [0.29, 0.717) is 23.5 Å². The van der Waals surface area contributed by atoms with Crippen molar-refractivity contribution >= 4 is 11.6 Å². The van der Waals surface area contributed by atoms with Gasteiger partial charge in [-0.15, -0.1) is 6.58 Å². The van der Waals surface area contributed by atoms with Crippen LogP contribution in [0.25, 0.3) is 0 Å². The van der Waals surface area contributed by atoms with Crippen LogP contribution >= 0.6 is 11.6 Å². The lowest BCUT2D eigenvalue weighted by Gasteiger charge is -2.08. The Morgan fingerprint density at radius 2 is 2.19 bits per heavy atom. The molecule has 88 valence electrons. The van der Waals surface area contributed by atoms with Gasteiger partial charge in [-0.2, -0.15) is 4.98 Å². The quantitative estimate of drug-likeness (QED) is 0.583. The molecule has 0 atom stereocenters. The highest BCUT2D eigenvalue weighted by atomic mass is 35.5. The second-order valence-corrected chi connectivity index (χ2v) is 4.48. The smallest absolute Gasteiger partial charge is 0.218 e. The first-order chi connectivity index (χ1) is 7.49. The van der Waals surface area contributed by atoms with Gasteiger partial charge in [0.1, 0.15) is 11.0 Å². The Hall–Kier alpha value is -1.09. The third-order valence-corrected chi connectivity index (χ3v) is 2.18. The fourth-order valence-electron chi connectivity index (χ4n) is 1.08. The summed E-state index contributed by atoms with van der Waals surface area (Å²) in [6.45, 7) is 10.4. The van der Waals surface area contributed by atoms with Crippen LogP contribution in [0.4, 0.5) is 0 Å². The van der Waals surface area contributed by atoms with Crippen molar-refractivity contribution in [3.63, 3.8) is 0 Å². The first-order valence-corrected chi connectivity index (χ1v) is 5.68. The van der Waals surface area contributed by atoms with Crippen molar-refractivity contribution in [2.24, 2.45) is 0 Å². The number of halogens is 1. The fourth-order valence-corrected chi connectivity index (χ4v) is 1.26. The molecule has 0 aliphatic rings. The van der Waals surface area contributed by atoms with Crippen LogP contribution in [0.1, 0.15) is 38.9 Å². The van der Waals surface area contributed by atoms with Gasteiger partial charge in [0, 0.05) is 18.4 Å². The fraction of sp³-hybridized carbons (Fsp3) is 0.500. The lowest BCUT2D eigenvalue weighted by atomic mass is 10.2. The van der Waals surface area contributed by atoms with Gasteiger partial charge in [0.05, 0.1) is 6.61 Å². The second-order valence-electron chi connectivity index (χ2n) is 4.10. The summed E-state index contributed by atoms with van der Waals surface area (Å²) in [5, 5.41) is 0.420. The highest BCUT2D eigenvalue weighted by molar-refractivity contribution is 6.29. The summed E-state index contributed by atoms with van der Waals surface area (Å²) in [5.74, 6) is 1.48. The molecule has 0 aromatic carbocycles. The zero-order chi connectivity index (χ0) is 12.1. The van der Waals surface area contributed by atoms with Gasteiger partial charge < -0.3 is 4.74 Å². The van der Waals surface area contributed by atoms with Gasteiger partial charge in [-0.25, -0.2) is 4.98 Å². The summed E-state index contributed by atoms with van der Waals surface area (Å²) < 4.78 is 5.49. The Balaban J connectivity index is 2.69. The molecule has 1 aromatic rings. The van der Waals surface area contributed by atoms with E-state index in [1.54, 1.807) is 6.07 Å². The normalized spacial score (nSPS) is 10.6. The Labute approximate surface area is 102 Å². The van der Waals surface area contributed by atoms with Crippen molar-refractivity contribution in [2.45, 2.75) is 33.1 Å². The van der Waals surface area contributed by atoms with E-state index in [-0.39, 0.29) is 5.92 Å². The highest BCUT2D eigenvalue weighted by Crippen LogP contribution is 2.18. The molecule has 0 bridgehead atoms. The van der Waals surface area contributed by atoms with Crippen LogP contribution in [0, 0.1) is 0 Å². The van der Waals surface area contributed by atoms with Gasteiger partial charge in [0.15, 0.2) is 0 Å². The summed E-state index contributed by atoms with van der Waals surface area (Å²) in [4.78, 5) is 8.42. The molecule has 0 N–H and O–H groups in total. The molecule has 0 aliphatic heterocycles. The number of hydrogen-bond acceptors (Lipinski definition) is 3. The van der Waals surface area contributed by atoms with Gasteiger partial charge >= 0.3 is 0 Å². The molecule has 0 aliphatic carbocycles. The molecule has 0 fully saturated rings. The monoisotopic (exact) mass is 240 g/mol. The third-order valence-electron chi connectivity index (χ3n) is 1.98. The zero-order valence-electron chi connectivity index (χ0n) is 9.96. The van der Waals surface area contributed by atoms with E-state index in [9.17, 15) is 0 Å². The molecule has 3 nitrogen and oxygen atoms in total. The number of ether oxygens (including phenoxy) is 1. The largest absolute Gasteiger partial charge is 0.477 e. The topological polar surface area (TPSA) is 35.0 Å². The van der Waals surface area contributed by atoms with E-state index in [4.69, 9.17) is 16.3 Å². The molecule has 0 saturated carbocycles. The molecule has 1 heterocycles. The van der Waals surface area contributed by atoms with Crippen molar-refractivity contribution in [1.29, 1.82) is 0 Å². The first-order valence-electron chi connectivity index (χ1n) is 5.30. The summed E-state index contributed by atoms with van der Waals surface area (Å²) in [5.41, 5.74) is 1.09. The van der Waals surface area contributed by atoms with Crippen LogP contribution in [0.5, 0.6) is 5.88 Å². The first kappa shape index (κ1) is 13.0. The van der Waals surface area contributed by atoms with E-state index >= 15 is 0 Å². The van der Waals surface area contributed by atoms with Gasteiger partial charge in [0.2, 0.25) is 5.88 Å². The minimum atomic E-state index is 0.238. The molecule has 1 aromatic heterocycles. The second kappa shape index (κ2) is 5.85. The van der Waals surface area contributed by atoms with Crippen LogP contribution in [0.15, 0.2) is 18.2 Å². The average Bonchev–Trinajstić information content (AvgIpc) is 2.16. The minimum absolute atomic E-state index is 0.238. The van der Waals surface area contributed by atoms with Gasteiger partial charge in [-0.3, -0.25) is 0 Å². The zero-order valence-corrected chi connectivity index (χ0v) is 10.7. The minimum Gasteiger partial charge on any atom is -0.477 e. The van der Waals surface area contributed by atoms with Gasteiger partial charge in [-0.1, -0.05) is 31.0 Å². The summed E-state index contributed by atoms with van der Waals surface area (Å²) in [6.07, 6.45) is 0.818. The predicted molar refractivity (Wildman–Crippen MR) is 66.1 cm³/mol. The predicted octanol–water partition coefficient (Wildman–Crippen LogP) is 3.60. The van der Waals surface area contributed by atoms with Crippen LogP contribution in [-0.2, 0) is 0 Å². The van der Waals surface area contributed by atoms with Crippen molar-refractivity contribution in [1.82, 2.24) is 9.97 Å². The lowest BCUT2D eigenvalue weighted by Crippen LogP contribution is -2.04. The van der Waals surface area contributed by atoms with Crippen LogP contribution < -0.4 is 4.74 Å². The van der Waals surface area contributed by atoms with E-state index < -0.39 is 0 Å². The Bertz CT molecular complexity index is 377. The number of hydrogen-bond donors (Lipinski definition) is 0. The third kappa shape index (κ3) is 4.19. The lowest BCUT2D eigenvalue weighted by molar-refractivity contribution is 0.307.